The summed E-state index contributed by atoms with van der Waals surface area (Å²) in [6.45, 7) is 0.610. The average Bonchev–Trinajstić information content (AvgIpc) is 2.82. The van der Waals surface area contributed by atoms with Crippen molar-refractivity contribution in [3.63, 3.8) is 0 Å². The lowest BCUT2D eigenvalue weighted by Gasteiger charge is -2.13. The monoisotopic (exact) mass is 237 g/mol. The molecule has 1 aliphatic carbocycles. The minimum Gasteiger partial charge on any atom is -0.497 e. The molecule has 0 spiro atoms. The van der Waals surface area contributed by atoms with Crippen molar-refractivity contribution >= 4 is 11.8 Å². The highest BCUT2D eigenvalue weighted by Crippen LogP contribution is 2.37. The van der Waals surface area contributed by atoms with Gasteiger partial charge in [0.2, 0.25) is 0 Å². The zero-order valence-electron chi connectivity index (χ0n) is 9.74. The lowest BCUT2D eigenvalue weighted by Crippen LogP contribution is -2.01. The van der Waals surface area contributed by atoms with Gasteiger partial charge in [-0.25, -0.2) is 0 Å². The van der Waals surface area contributed by atoms with Gasteiger partial charge in [0.05, 0.1) is 7.11 Å². The second-order valence-corrected chi connectivity index (χ2v) is 5.54. The van der Waals surface area contributed by atoms with Gasteiger partial charge in [-0.05, 0) is 30.5 Å². The highest BCUT2D eigenvalue weighted by Gasteiger charge is 2.17. The van der Waals surface area contributed by atoms with E-state index in [0.29, 0.717) is 6.54 Å². The summed E-state index contributed by atoms with van der Waals surface area (Å²) >= 11 is 1.97. The van der Waals surface area contributed by atoms with Crippen LogP contribution in [0.2, 0.25) is 0 Å². The smallest absolute Gasteiger partial charge is 0.119 e. The Morgan fingerprint density at radius 2 is 2.12 bits per heavy atom. The first kappa shape index (κ1) is 11.8. The van der Waals surface area contributed by atoms with Gasteiger partial charge in [0.15, 0.2) is 0 Å². The van der Waals surface area contributed by atoms with Crippen LogP contribution in [0.3, 0.4) is 0 Å². The van der Waals surface area contributed by atoms with Gasteiger partial charge in [-0.15, -0.1) is 11.8 Å². The van der Waals surface area contributed by atoms with Crippen molar-refractivity contribution in [2.24, 2.45) is 5.73 Å². The van der Waals surface area contributed by atoms with Crippen molar-refractivity contribution in [2.45, 2.75) is 42.4 Å². The Bertz CT molecular complexity index is 348. The highest BCUT2D eigenvalue weighted by atomic mass is 32.2. The van der Waals surface area contributed by atoms with E-state index in [2.05, 4.69) is 12.1 Å². The molecule has 1 fully saturated rings. The molecule has 3 heteroatoms. The number of rotatable bonds is 4. The Kier molecular flexibility index (Phi) is 4.13. The molecule has 0 unspecified atom stereocenters. The second kappa shape index (κ2) is 5.60. The SMILES string of the molecule is COc1ccc(CN)c(SC2CCCC2)c1. The Balaban J connectivity index is 2.15. The maximum absolute atomic E-state index is 5.76. The molecule has 0 heterocycles. The largest absolute Gasteiger partial charge is 0.497 e. The average molecular weight is 237 g/mol. The molecule has 2 nitrogen and oxygen atoms in total. The van der Waals surface area contributed by atoms with Gasteiger partial charge in [0.1, 0.15) is 5.75 Å². The third-order valence-corrected chi connectivity index (χ3v) is 4.53. The van der Waals surface area contributed by atoms with Gasteiger partial charge in [-0.2, -0.15) is 0 Å². The number of thioether (sulfide) groups is 1. The summed E-state index contributed by atoms with van der Waals surface area (Å²) in [5, 5.41) is 0.775. The molecule has 16 heavy (non-hydrogen) atoms. The molecule has 2 rings (SSSR count). The quantitative estimate of drug-likeness (QED) is 0.873. The molecule has 0 bridgehead atoms. The van der Waals surface area contributed by atoms with E-state index in [0.717, 1.165) is 11.0 Å². The summed E-state index contributed by atoms with van der Waals surface area (Å²) in [5.41, 5.74) is 7.00. The second-order valence-electron chi connectivity index (χ2n) is 4.20. The van der Waals surface area contributed by atoms with Crippen LogP contribution >= 0.6 is 11.8 Å². The van der Waals surface area contributed by atoms with Gasteiger partial charge < -0.3 is 10.5 Å². The van der Waals surface area contributed by atoms with Gasteiger partial charge in [-0.1, -0.05) is 18.9 Å². The summed E-state index contributed by atoms with van der Waals surface area (Å²) in [7, 11) is 1.71. The predicted molar refractivity (Wildman–Crippen MR) is 69.0 cm³/mol. The zero-order chi connectivity index (χ0) is 11.4. The van der Waals surface area contributed by atoms with E-state index in [1.54, 1.807) is 7.11 Å². The van der Waals surface area contributed by atoms with Gasteiger partial charge in [-0.3, -0.25) is 0 Å². The van der Waals surface area contributed by atoms with E-state index in [-0.39, 0.29) is 0 Å². The van der Waals surface area contributed by atoms with Crippen molar-refractivity contribution in [3.05, 3.63) is 23.8 Å². The van der Waals surface area contributed by atoms with Crippen molar-refractivity contribution in [2.75, 3.05) is 7.11 Å². The summed E-state index contributed by atoms with van der Waals surface area (Å²) in [6.07, 6.45) is 5.43. The van der Waals surface area contributed by atoms with Crippen LogP contribution < -0.4 is 10.5 Å². The molecule has 88 valence electrons. The molecule has 1 aromatic rings. The van der Waals surface area contributed by atoms with E-state index < -0.39 is 0 Å². The van der Waals surface area contributed by atoms with Crippen LogP contribution in [0.1, 0.15) is 31.2 Å². The zero-order valence-corrected chi connectivity index (χ0v) is 10.6. The van der Waals surface area contributed by atoms with Gasteiger partial charge in [0, 0.05) is 16.7 Å². The predicted octanol–water partition coefficient (Wildman–Crippen LogP) is 3.19. The summed E-state index contributed by atoms with van der Waals surface area (Å²) < 4.78 is 5.26. The Labute approximate surface area is 102 Å². The standard InChI is InChI=1S/C13H19NOS/c1-15-11-7-6-10(9-14)13(8-11)16-12-4-2-3-5-12/h6-8,12H,2-5,9,14H2,1H3. The Morgan fingerprint density at radius 1 is 1.38 bits per heavy atom. The molecular weight excluding hydrogens is 218 g/mol. The summed E-state index contributed by atoms with van der Waals surface area (Å²) in [4.78, 5) is 1.30. The van der Waals surface area contributed by atoms with E-state index in [4.69, 9.17) is 10.5 Å². The molecule has 0 saturated heterocycles. The molecule has 1 saturated carbocycles. The van der Waals surface area contributed by atoms with Crippen molar-refractivity contribution in [3.8, 4) is 5.75 Å². The number of hydrogen-bond donors (Lipinski definition) is 1. The maximum atomic E-state index is 5.76. The third kappa shape index (κ3) is 2.71. The first-order chi connectivity index (χ1) is 7.83. The number of hydrogen-bond acceptors (Lipinski definition) is 3. The number of benzene rings is 1. The minimum atomic E-state index is 0.610. The fourth-order valence-electron chi connectivity index (χ4n) is 2.13. The topological polar surface area (TPSA) is 35.2 Å². The van der Waals surface area contributed by atoms with Crippen molar-refractivity contribution < 1.29 is 4.74 Å². The van der Waals surface area contributed by atoms with E-state index in [9.17, 15) is 0 Å². The van der Waals surface area contributed by atoms with E-state index in [1.807, 2.05) is 17.8 Å². The number of nitrogens with two attached hydrogens (primary N) is 1. The molecule has 0 radical (unpaired) electrons. The molecular formula is C13H19NOS. The highest BCUT2D eigenvalue weighted by molar-refractivity contribution is 8.00. The molecule has 0 amide bonds. The molecule has 0 atom stereocenters. The van der Waals surface area contributed by atoms with Crippen molar-refractivity contribution in [1.82, 2.24) is 0 Å². The van der Waals surface area contributed by atoms with Crippen LogP contribution in [0.25, 0.3) is 0 Å². The molecule has 1 aliphatic rings. The molecule has 1 aromatic carbocycles. The third-order valence-electron chi connectivity index (χ3n) is 3.09. The fraction of sp³-hybridized carbons (Fsp3) is 0.538. The number of methoxy groups -OCH3 is 1. The van der Waals surface area contributed by atoms with Crippen LogP contribution in [0.4, 0.5) is 0 Å². The van der Waals surface area contributed by atoms with E-state index in [1.165, 1.54) is 36.1 Å². The normalized spacial score (nSPS) is 16.6. The van der Waals surface area contributed by atoms with Crippen LogP contribution in [0.15, 0.2) is 23.1 Å². The van der Waals surface area contributed by atoms with Crippen molar-refractivity contribution in [1.29, 1.82) is 0 Å². The van der Waals surface area contributed by atoms with Gasteiger partial charge >= 0.3 is 0 Å². The Morgan fingerprint density at radius 3 is 2.75 bits per heavy atom. The molecule has 0 aromatic heterocycles. The lowest BCUT2D eigenvalue weighted by molar-refractivity contribution is 0.413. The first-order valence-electron chi connectivity index (χ1n) is 5.87. The minimum absolute atomic E-state index is 0.610. The van der Waals surface area contributed by atoms with Crippen LogP contribution in [-0.4, -0.2) is 12.4 Å². The van der Waals surface area contributed by atoms with Crippen LogP contribution in [0, 0.1) is 0 Å². The maximum Gasteiger partial charge on any atom is 0.119 e. The van der Waals surface area contributed by atoms with Gasteiger partial charge in [0.25, 0.3) is 0 Å². The molecule has 2 N–H and O–H groups in total. The van der Waals surface area contributed by atoms with Crippen LogP contribution in [-0.2, 0) is 6.54 Å². The molecule has 0 aliphatic heterocycles. The Hall–Kier alpha value is -0.670. The number of ether oxygens (including phenoxy) is 1. The van der Waals surface area contributed by atoms with Crippen LogP contribution in [0.5, 0.6) is 5.75 Å². The fourth-order valence-corrected chi connectivity index (χ4v) is 3.54. The summed E-state index contributed by atoms with van der Waals surface area (Å²) in [5.74, 6) is 0.928. The summed E-state index contributed by atoms with van der Waals surface area (Å²) in [6, 6.07) is 6.18. The van der Waals surface area contributed by atoms with E-state index >= 15 is 0 Å². The first-order valence-corrected chi connectivity index (χ1v) is 6.75. The lowest BCUT2D eigenvalue weighted by atomic mass is 10.2.